The summed E-state index contributed by atoms with van der Waals surface area (Å²) in [7, 11) is 0. The van der Waals surface area contributed by atoms with Crippen LogP contribution in [0.4, 0.5) is 5.69 Å². The molecule has 1 fully saturated rings. The molecule has 0 bridgehead atoms. The minimum absolute atomic E-state index is 0.0203. The number of carbonyl (C=O) groups is 2. The molecule has 1 amide bonds. The summed E-state index contributed by atoms with van der Waals surface area (Å²) in [5.41, 5.74) is 0.259. The van der Waals surface area contributed by atoms with Gasteiger partial charge in [0.05, 0.1) is 17.4 Å². The van der Waals surface area contributed by atoms with E-state index in [9.17, 15) is 9.59 Å². The summed E-state index contributed by atoms with van der Waals surface area (Å²) in [6.07, 6.45) is 3.35. The van der Waals surface area contributed by atoms with Crippen molar-refractivity contribution in [3.8, 4) is 0 Å². The van der Waals surface area contributed by atoms with E-state index in [-0.39, 0.29) is 28.2 Å². The average molecular weight is 267 g/mol. The number of carboxylic acids is 1. The van der Waals surface area contributed by atoms with Crippen molar-refractivity contribution in [2.24, 2.45) is 5.92 Å². The number of anilines is 1. The zero-order valence-corrected chi connectivity index (χ0v) is 10.2. The molecule has 0 spiro atoms. The van der Waals surface area contributed by atoms with E-state index < -0.39 is 5.97 Å². The Morgan fingerprint density at radius 2 is 2.39 bits per heavy atom. The molecule has 1 aliphatic rings. The molecule has 18 heavy (non-hydrogen) atoms. The second-order valence-corrected chi connectivity index (χ2v) is 4.42. The zero-order chi connectivity index (χ0) is 13.3. The molecule has 0 saturated carbocycles. The number of amides is 1. The molecule has 2 heterocycles. The number of aromatic carboxylic acids is 1. The van der Waals surface area contributed by atoms with E-state index in [1.807, 2.05) is 0 Å². The Bertz CT molecular complexity index is 530. The molecule has 0 radical (unpaired) electrons. The summed E-state index contributed by atoms with van der Waals surface area (Å²) in [5, 5.41) is 9.20. The number of hydrogen-bond donors (Lipinski definition) is 1. The number of carbonyl (C=O) groups excluding carboxylic acids is 1. The maximum atomic E-state index is 11.8. The Kier molecular flexibility index (Phi) is 3.34. The van der Waals surface area contributed by atoms with E-state index in [4.69, 9.17) is 16.7 Å². The first-order valence-corrected chi connectivity index (χ1v) is 5.72. The Hall–Kier alpha value is -1.88. The standard InChI is InChI=1S/C12H11ClN2O3/c1-2-7-3-11(16)15(6-7)9-5-14-10(13)4-8(9)12(17)18/h2,4-5,7H,1,3,6H2,(H,17,18). The van der Waals surface area contributed by atoms with Gasteiger partial charge in [-0.1, -0.05) is 17.7 Å². The minimum atomic E-state index is -1.14. The third-order valence-corrected chi connectivity index (χ3v) is 3.07. The van der Waals surface area contributed by atoms with Crippen LogP contribution in [0.1, 0.15) is 16.8 Å². The largest absolute Gasteiger partial charge is 0.478 e. The van der Waals surface area contributed by atoms with Gasteiger partial charge in [-0.15, -0.1) is 6.58 Å². The van der Waals surface area contributed by atoms with Crippen LogP contribution in [-0.2, 0) is 4.79 Å². The summed E-state index contributed by atoms with van der Waals surface area (Å²) < 4.78 is 0. The third kappa shape index (κ3) is 2.22. The smallest absolute Gasteiger partial charge is 0.337 e. The molecule has 0 aliphatic carbocycles. The molecular weight excluding hydrogens is 256 g/mol. The van der Waals surface area contributed by atoms with Crippen molar-refractivity contribution in [2.75, 3.05) is 11.4 Å². The van der Waals surface area contributed by atoms with Crippen molar-refractivity contribution < 1.29 is 14.7 Å². The third-order valence-electron chi connectivity index (χ3n) is 2.86. The summed E-state index contributed by atoms with van der Waals surface area (Å²) in [6, 6.07) is 1.24. The SMILES string of the molecule is C=CC1CC(=O)N(c2cnc(Cl)cc2C(=O)O)C1. The Morgan fingerprint density at radius 1 is 1.67 bits per heavy atom. The fourth-order valence-electron chi connectivity index (χ4n) is 1.93. The molecule has 0 aromatic carbocycles. The maximum absolute atomic E-state index is 11.8. The summed E-state index contributed by atoms with van der Waals surface area (Å²) >= 11 is 5.67. The molecular formula is C12H11ClN2O3. The van der Waals surface area contributed by atoms with Crippen molar-refractivity contribution >= 4 is 29.2 Å². The first kappa shape index (κ1) is 12.6. The topological polar surface area (TPSA) is 70.5 Å². The highest BCUT2D eigenvalue weighted by Crippen LogP contribution is 2.29. The molecule has 1 unspecified atom stereocenters. The quantitative estimate of drug-likeness (QED) is 0.671. The number of rotatable bonds is 3. The van der Waals surface area contributed by atoms with Crippen LogP contribution in [0, 0.1) is 5.92 Å². The second-order valence-electron chi connectivity index (χ2n) is 4.03. The lowest BCUT2D eigenvalue weighted by molar-refractivity contribution is -0.117. The minimum Gasteiger partial charge on any atom is -0.478 e. The predicted octanol–water partition coefficient (Wildman–Crippen LogP) is 1.97. The first-order valence-electron chi connectivity index (χ1n) is 5.34. The highest BCUT2D eigenvalue weighted by atomic mass is 35.5. The first-order chi connectivity index (χ1) is 8.52. The van der Waals surface area contributed by atoms with Gasteiger partial charge in [-0.25, -0.2) is 9.78 Å². The van der Waals surface area contributed by atoms with E-state index in [0.29, 0.717) is 13.0 Å². The van der Waals surface area contributed by atoms with Crippen molar-refractivity contribution in [3.63, 3.8) is 0 Å². The molecule has 1 aromatic rings. The molecule has 1 saturated heterocycles. The summed E-state index contributed by atoms with van der Waals surface area (Å²) in [6.45, 7) is 4.07. The highest BCUT2D eigenvalue weighted by Gasteiger charge is 2.31. The molecule has 2 rings (SSSR count). The fourth-order valence-corrected chi connectivity index (χ4v) is 2.09. The highest BCUT2D eigenvalue weighted by molar-refractivity contribution is 6.29. The number of aromatic nitrogens is 1. The number of hydrogen-bond acceptors (Lipinski definition) is 3. The number of nitrogens with zero attached hydrogens (tertiary/aromatic N) is 2. The lowest BCUT2D eigenvalue weighted by atomic mass is 10.1. The van der Waals surface area contributed by atoms with Gasteiger partial charge in [0.15, 0.2) is 0 Å². The van der Waals surface area contributed by atoms with E-state index in [1.54, 1.807) is 6.08 Å². The van der Waals surface area contributed by atoms with Crippen LogP contribution >= 0.6 is 11.6 Å². The predicted molar refractivity (Wildman–Crippen MR) is 66.9 cm³/mol. The van der Waals surface area contributed by atoms with Crippen LogP contribution < -0.4 is 4.90 Å². The van der Waals surface area contributed by atoms with Crippen molar-refractivity contribution in [2.45, 2.75) is 6.42 Å². The van der Waals surface area contributed by atoms with Gasteiger partial charge < -0.3 is 10.0 Å². The normalized spacial score (nSPS) is 19.1. The fraction of sp³-hybridized carbons (Fsp3) is 0.250. The van der Waals surface area contributed by atoms with Crippen molar-refractivity contribution in [1.29, 1.82) is 0 Å². The monoisotopic (exact) mass is 266 g/mol. The Morgan fingerprint density at radius 3 is 2.94 bits per heavy atom. The molecule has 1 aromatic heterocycles. The summed E-state index contributed by atoms with van der Waals surface area (Å²) in [5.74, 6) is -1.23. The lowest BCUT2D eigenvalue weighted by Gasteiger charge is -2.18. The van der Waals surface area contributed by atoms with Crippen LogP contribution in [0.5, 0.6) is 0 Å². The van der Waals surface area contributed by atoms with Gasteiger partial charge in [0.1, 0.15) is 5.15 Å². The van der Waals surface area contributed by atoms with Gasteiger partial charge >= 0.3 is 5.97 Å². The number of carboxylic acid groups (broad SMARTS) is 1. The van der Waals surface area contributed by atoms with E-state index in [1.165, 1.54) is 17.2 Å². The summed E-state index contributed by atoms with van der Waals surface area (Å²) in [4.78, 5) is 28.2. The van der Waals surface area contributed by atoms with Crippen LogP contribution in [0.2, 0.25) is 5.15 Å². The van der Waals surface area contributed by atoms with Crippen LogP contribution in [0.25, 0.3) is 0 Å². The van der Waals surface area contributed by atoms with Gasteiger partial charge in [-0.05, 0) is 6.07 Å². The van der Waals surface area contributed by atoms with Crippen molar-refractivity contribution in [1.82, 2.24) is 4.98 Å². The van der Waals surface area contributed by atoms with E-state index >= 15 is 0 Å². The zero-order valence-electron chi connectivity index (χ0n) is 9.47. The van der Waals surface area contributed by atoms with E-state index in [0.717, 1.165) is 0 Å². The molecule has 1 aliphatic heterocycles. The van der Waals surface area contributed by atoms with Gasteiger partial charge in [0.2, 0.25) is 5.91 Å². The number of pyridine rings is 1. The lowest BCUT2D eigenvalue weighted by Crippen LogP contribution is -2.26. The molecule has 6 heteroatoms. The average Bonchev–Trinajstić information content (AvgIpc) is 2.70. The Labute approximate surface area is 109 Å². The van der Waals surface area contributed by atoms with Gasteiger partial charge in [-0.2, -0.15) is 0 Å². The molecule has 5 nitrogen and oxygen atoms in total. The van der Waals surface area contributed by atoms with E-state index in [2.05, 4.69) is 11.6 Å². The maximum Gasteiger partial charge on any atom is 0.337 e. The molecule has 94 valence electrons. The molecule has 1 N–H and O–H groups in total. The van der Waals surface area contributed by atoms with Crippen LogP contribution in [-0.4, -0.2) is 28.5 Å². The Balaban J connectivity index is 2.42. The molecule has 1 atom stereocenters. The van der Waals surface area contributed by atoms with Crippen LogP contribution in [0.15, 0.2) is 24.9 Å². The van der Waals surface area contributed by atoms with Crippen molar-refractivity contribution in [3.05, 3.63) is 35.6 Å². The van der Waals surface area contributed by atoms with Gasteiger partial charge in [0.25, 0.3) is 0 Å². The second kappa shape index (κ2) is 4.78. The van der Waals surface area contributed by atoms with Gasteiger partial charge in [-0.3, -0.25) is 4.79 Å². The number of halogens is 1. The van der Waals surface area contributed by atoms with Crippen LogP contribution in [0.3, 0.4) is 0 Å². The van der Waals surface area contributed by atoms with Gasteiger partial charge in [0, 0.05) is 18.9 Å².